The Balaban J connectivity index is 2.62. The van der Waals surface area contributed by atoms with Crippen LogP contribution in [0, 0.1) is 21.4 Å². The third kappa shape index (κ3) is 3.65. The molecule has 0 fully saturated rings. The van der Waals surface area contributed by atoms with E-state index in [2.05, 4.69) is 43.0 Å². The lowest BCUT2D eigenvalue weighted by molar-refractivity contribution is -0.385. The van der Waals surface area contributed by atoms with E-state index in [1.165, 1.54) is 12.4 Å². The van der Waals surface area contributed by atoms with E-state index < -0.39 is 4.92 Å². The second-order valence-electron chi connectivity index (χ2n) is 5.02. The van der Waals surface area contributed by atoms with Crippen molar-refractivity contribution in [3.8, 4) is 0 Å². The number of hydrogen-bond donors (Lipinski definition) is 1. The van der Waals surface area contributed by atoms with Crippen molar-refractivity contribution in [2.45, 2.75) is 27.7 Å². The van der Waals surface area contributed by atoms with Gasteiger partial charge in [-0.2, -0.15) is 0 Å². The minimum absolute atomic E-state index is 0.0985. The van der Waals surface area contributed by atoms with Crippen LogP contribution in [0.2, 0.25) is 0 Å². The van der Waals surface area contributed by atoms with E-state index >= 15 is 0 Å². The van der Waals surface area contributed by atoms with Gasteiger partial charge >= 0.3 is 5.69 Å². The molecule has 1 aromatic heterocycles. The number of aromatic nitrogens is 2. The minimum atomic E-state index is -0.512. The lowest BCUT2D eigenvalue weighted by atomic mass is 9.81. The topological polar surface area (TPSA) is 81.0 Å². The molecule has 0 aliphatic carbocycles. The molecule has 1 rings (SSSR count). The molecular weight excluding hydrogens is 220 g/mol. The van der Waals surface area contributed by atoms with E-state index in [0.29, 0.717) is 11.9 Å². The van der Waals surface area contributed by atoms with Crippen LogP contribution < -0.4 is 5.32 Å². The van der Waals surface area contributed by atoms with Crippen molar-refractivity contribution in [1.29, 1.82) is 0 Å². The van der Waals surface area contributed by atoms with Crippen molar-refractivity contribution in [3.05, 3.63) is 22.5 Å². The molecule has 0 atom stereocenters. The molecule has 0 saturated carbocycles. The highest BCUT2D eigenvalue weighted by Crippen LogP contribution is 2.25. The second kappa shape index (κ2) is 5.07. The summed E-state index contributed by atoms with van der Waals surface area (Å²) in [6.07, 6.45) is 2.41. The summed E-state index contributed by atoms with van der Waals surface area (Å²) >= 11 is 0. The van der Waals surface area contributed by atoms with Crippen LogP contribution in [-0.4, -0.2) is 21.4 Å². The van der Waals surface area contributed by atoms with Crippen LogP contribution in [0.4, 0.5) is 11.6 Å². The molecule has 1 N–H and O–H groups in total. The van der Waals surface area contributed by atoms with Gasteiger partial charge in [0.05, 0.1) is 4.92 Å². The zero-order chi connectivity index (χ0) is 13.1. The molecule has 0 aliphatic rings. The fourth-order valence-corrected chi connectivity index (χ4v) is 1.02. The number of nitrogens with zero attached hydrogens (tertiary/aromatic N) is 3. The molecule has 0 amide bonds. The third-order valence-corrected chi connectivity index (χ3v) is 3.11. The van der Waals surface area contributed by atoms with E-state index in [1.54, 1.807) is 0 Å². The predicted molar refractivity (Wildman–Crippen MR) is 65.8 cm³/mol. The van der Waals surface area contributed by atoms with Crippen LogP contribution in [0.5, 0.6) is 0 Å². The van der Waals surface area contributed by atoms with Gasteiger partial charge in [0, 0.05) is 6.54 Å². The second-order valence-corrected chi connectivity index (χ2v) is 5.02. The van der Waals surface area contributed by atoms with E-state index in [1.807, 2.05) is 0 Å². The van der Waals surface area contributed by atoms with E-state index in [-0.39, 0.29) is 11.1 Å². The van der Waals surface area contributed by atoms with Crippen LogP contribution in [0.15, 0.2) is 12.4 Å². The van der Waals surface area contributed by atoms with Gasteiger partial charge in [0.25, 0.3) is 0 Å². The fourth-order valence-electron chi connectivity index (χ4n) is 1.02. The van der Waals surface area contributed by atoms with Crippen LogP contribution in [0.1, 0.15) is 27.7 Å². The van der Waals surface area contributed by atoms with Crippen LogP contribution in [0.3, 0.4) is 0 Å². The summed E-state index contributed by atoms with van der Waals surface area (Å²) < 4.78 is 0. The first kappa shape index (κ1) is 13.3. The van der Waals surface area contributed by atoms with Crippen molar-refractivity contribution < 1.29 is 4.92 Å². The van der Waals surface area contributed by atoms with Gasteiger partial charge in [0.1, 0.15) is 12.4 Å². The first-order chi connectivity index (χ1) is 7.83. The first-order valence-corrected chi connectivity index (χ1v) is 5.53. The number of nitro groups is 1. The van der Waals surface area contributed by atoms with Crippen molar-refractivity contribution in [2.24, 2.45) is 11.3 Å². The zero-order valence-corrected chi connectivity index (χ0v) is 10.6. The quantitative estimate of drug-likeness (QED) is 0.629. The Morgan fingerprint density at radius 1 is 1.41 bits per heavy atom. The van der Waals surface area contributed by atoms with Gasteiger partial charge in [-0.1, -0.05) is 27.7 Å². The molecule has 1 aromatic rings. The lowest BCUT2D eigenvalue weighted by Gasteiger charge is -2.29. The maximum absolute atomic E-state index is 10.4. The Morgan fingerprint density at radius 3 is 2.35 bits per heavy atom. The van der Waals surface area contributed by atoms with Gasteiger partial charge in [0.2, 0.25) is 5.95 Å². The van der Waals surface area contributed by atoms with Gasteiger partial charge in [-0.05, 0) is 11.3 Å². The first-order valence-electron chi connectivity index (χ1n) is 5.53. The van der Waals surface area contributed by atoms with E-state index in [9.17, 15) is 10.1 Å². The Kier molecular flexibility index (Phi) is 3.98. The molecule has 6 heteroatoms. The molecule has 0 radical (unpaired) electrons. The van der Waals surface area contributed by atoms with Crippen molar-refractivity contribution >= 4 is 11.6 Å². The Hall–Kier alpha value is -1.72. The molecule has 0 spiro atoms. The molecule has 6 nitrogen and oxygen atoms in total. The summed E-state index contributed by atoms with van der Waals surface area (Å²) in [7, 11) is 0. The molecule has 0 aromatic carbocycles. The zero-order valence-electron chi connectivity index (χ0n) is 10.6. The van der Waals surface area contributed by atoms with Crippen molar-refractivity contribution in [2.75, 3.05) is 11.9 Å². The molecule has 0 bridgehead atoms. The summed E-state index contributed by atoms with van der Waals surface area (Å²) in [6.45, 7) is 9.32. The SMILES string of the molecule is CC(C)C(C)(C)CNc1ncc([N+](=O)[O-])cn1. The maximum atomic E-state index is 10.4. The highest BCUT2D eigenvalue weighted by atomic mass is 16.6. The summed E-state index contributed by atoms with van der Waals surface area (Å²) in [6, 6.07) is 0. The number of anilines is 1. The average Bonchev–Trinajstić information content (AvgIpc) is 2.27. The smallest absolute Gasteiger partial charge is 0.305 e. The van der Waals surface area contributed by atoms with Gasteiger partial charge in [-0.25, -0.2) is 9.97 Å². The molecule has 1 heterocycles. The highest BCUT2D eigenvalue weighted by molar-refractivity contribution is 5.30. The molecular formula is C11H18N4O2. The van der Waals surface area contributed by atoms with Crippen molar-refractivity contribution in [1.82, 2.24) is 9.97 Å². The van der Waals surface area contributed by atoms with Gasteiger partial charge in [0.15, 0.2) is 0 Å². The van der Waals surface area contributed by atoms with Crippen LogP contribution in [-0.2, 0) is 0 Å². The number of rotatable bonds is 5. The maximum Gasteiger partial charge on any atom is 0.305 e. The molecule has 0 saturated heterocycles. The average molecular weight is 238 g/mol. The third-order valence-electron chi connectivity index (χ3n) is 3.11. The molecule has 0 unspecified atom stereocenters. The van der Waals surface area contributed by atoms with Gasteiger partial charge in [-0.3, -0.25) is 10.1 Å². The largest absolute Gasteiger partial charge is 0.354 e. The van der Waals surface area contributed by atoms with Crippen molar-refractivity contribution in [3.63, 3.8) is 0 Å². The Labute approximate surface area is 101 Å². The van der Waals surface area contributed by atoms with Gasteiger partial charge < -0.3 is 5.32 Å². The summed E-state index contributed by atoms with van der Waals surface area (Å²) in [5.41, 5.74) is 0.0178. The van der Waals surface area contributed by atoms with Crippen LogP contribution >= 0.6 is 0 Å². The normalized spacial score (nSPS) is 11.6. The molecule has 0 aliphatic heterocycles. The summed E-state index contributed by atoms with van der Waals surface area (Å²) in [5.74, 6) is 0.942. The summed E-state index contributed by atoms with van der Waals surface area (Å²) in [5, 5.41) is 13.5. The standard InChI is InChI=1S/C11H18N4O2/c1-8(2)11(3,4)7-14-10-12-5-9(6-13-10)15(16)17/h5-6,8H,7H2,1-4H3,(H,12,13,14). The number of hydrogen-bond acceptors (Lipinski definition) is 5. The fraction of sp³-hybridized carbons (Fsp3) is 0.636. The van der Waals surface area contributed by atoms with E-state index in [0.717, 1.165) is 6.54 Å². The molecule has 94 valence electrons. The highest BCUT2D eigenvalue weighted by Gasteiger charge is 2.22. The Bertz CT molecular complexity index is 387. The monoisotopic (exact) mass is 238 g/mol. The van der Waals surface area contributed by atoms with E-state index in [4.69, 9.17) is 0 Å². The number of nitrogens with one attached hydrogen (secondary N) is 1. The molecule has 17 heavy (non-hydrogen) atoms. The minimum Gasteiger partial charge on any atom is -0.354 e. The van der Waals surface area contributed by atoms with Gasteiger partial charge in [-0.15, -0.1) is 0 Å². The predicted octanol–water partition coefficient (Wildman–Crippen LogP) is 2.48. The van der Waals surface area contributed by atoms with Crippen LogP contribution in [0.25, 0.3) is 0 Å². The Morgan fingerprint density at radius 2 is 1.94 bits per heavy atom. The summed E-state index contributed by atoms with van der Waals surface area (Å²) in [4.78, 5) is 17.7. The lowest BCUT2D eigenvalue weighted by Crippen LogP contribution is -2.29.